The highest BCUT2D eigenvalue weighted by Gasteiger charge is 2.16. The maximum Gasteiger partial charge on any atom is 0.115 e. The van der Waals surface area contributed by atoms with Crippen molar-refractivity contribution in [2.75, 3.05) is 13.2 Å². The molecule has 0 aromatic carbocycles. The third-order valence-electron chi connectivity index (χ3n) is 1.04. The Labute approximate surface area is 42.4 Å². The Morgan fingerprint density at radius 1 is 1.86 bits per heavy atom. The van der Waals surface area contributed by atoms with Crippen LogP contribution in [0.1, 0.15) is 6.92 Å². The van der Waals surface area contributed by atoms with Crippen molar-refractivity contribution in [1.29, 1.82) is 0 Å². The van der Waals surface area contributed by atoms with Crippen molar-refractivity contribution in [3.8, 4) is 0 Å². The second-order valence-electron chi connectivity index (χ2n) is 1.99. The number of hydrogen-bond acceptors (Lipinski definition) is 2. The van der Waals surface area contributed by atoms with Gasteiger partial charge >= 0.3 is 0 Å². The zero-order valence-electron chi connectivity index (χ0n) is 4.31. The van der Waals surface area contributed by atoms with E-state index in [2.05, 4.69) is 4.84 Å². The summed E-state index contributed by atoms with van der Waals surface area (Å²) in [5.74, 6) is 0.451. The Kier molecular flexibility index (Phi) is 1.27. The lowest BCUT2D eigenvalue weighted by Crippen LogP contribution is -3.03. The third-order valence-corrected chi connectivity index (χ3v) is 1.04. The lowest BCUT2D eigenvalue weighted by atomic mass is 10.2. The van der Waals surface area contributed by atoms with E-state index in [1.165, 1.54) is 0 Å². The van der Waals surface area contributed by atoms with Crippen molar-refractivity contribution in [3.63, 3.8) is 0 Å². The van der Waals surface area contributed by atoms with Gasteiger partial charge in [-0.15, -0.1) is 0 Å². The Bertz CT molecular complexity index is 58.7. The first-order valence-corrected chi connectivity index (χ1v) is 2.44. The summed E-state index contributed by atoms with van der Waals surface area (Å²) < 4.78 is 0. The molecule has 1 saturated heterocycles. The van der Waals surface area contributed by atoms with Crippen molar-refractivity contribution in [2.45, 2.75) is 6.92 Å². The van der Waals surface area contributed by atoms with Crippen LogP contribution in [0.15, 0.2) is 0 Å². The molecule has 2 atom stereocenters. The van der Waals surface area contributed by atoms with Gasteiger partial charge in [-0.25, -0.2) is 10.1 Å². The maximum atomic E-state index is 10.2. The molecule has 0 amide bonds. The molecule has 1 aliphatic rings. The summed E-state index contributed by atoms with van der Waals surface area (Å²) in [7, 11) is 0. The molecule has 0 aliphatic carbocycles. The molecule has 1 N–H and O–H groups in total. The second kappa shape index (κ2) is 1.78. The van der Waals surface area contributed by atoms with Crippen LogP contribution in [-0.4, -0.2) is 13.2 Å². The number of rotatable bonds is 0. The smallest absolute Gasteiger partial charge is 0.115 e. The first-order chi connectivity index (χ1) is 3.29. The molecule has 1 rings (SSSR count). The van der Waals surface area contributed by atoms with Crippen LogP contribution in [0.25, 0.3) is 0 Å². The van der Waals surface area contributed by atoms with Gasteiger partial charge in [-0.1, -0.05) is 6.92 Å². The van der Waals surface area contributed by atoms with E-state index < -0.39 is 0 Å². The van der Waals surface area contributed by atoms with Crippen molar-refractivity contribution in [2.24, 2.45) is 5.92 Å². The highest BCUT2D eigenvalue weighted by molar-refractivity contribution is 4.47. The number of quaternary nitrogens is 1. The molecule has 2 unspecified atom stereocenters. The molecule has 0 saturated carbocycles. The molecule has 0 aromatic rings. The standard InChI is InChI=1S/C4H9NO2/c1-4-2-5(6)7-3-4/h4-5H,2-3H2,1H3. The quantitative estimate of drug-likeness (QED) is 0.397. The topological polar surface area (TPSA) is 36.7 Å². The van der Waals surface area contributed by atoms with Gasteiger partial charge in [0.1, 0.15) is 13.2 Å². The van der Waals surface area contributed by atoms with Crippen LogP contribution < -0.4 is 5.23 Å². The molecule has 7 heavy (non-hydrogen) atoms. The molecular weight excluding hydrogens is 94.0 g/mol. The summed E-state index contributed by atoms with van der Waals surface area (Å²) in [6.45, 7) is 3.24. The summed E-state index contributed by atoms with van der Waals surface area (Å²) >= 11 is 0. The molecule has 1 fully saturated rings. The van der Waals surface area contributed by atoms with E-state index in [1.54, 1.807) is 0 Å². The second-order valence-corrected chi connectivity index (χ2v) is 1.99. The number of hydroxylamine groups is 2. The van der Waals surface area contributed by atoms with Crippen LogP contribution in [0.2, 0.25) is 0 Å². The Balaban J connectivity index is 2.26. The predicted molar refractivity (Wildman–Crippen MR) is 24.3 cm³/mol. The Hall–Kier alpha value is -0.120. The lowest BCUT2D eigenvalue weighted by molar-refractivity contribution is -1.03. The van der Waals surface area contributed by atoms with Gasteiger partial charge in [0.05, 0.1) is 0 Å². The molecule has 3 heteroatoms. The molecule has 1 heterocycles. The van der Waals surface area contributed by atoms with Crippen molar-refractivity contribution in [3.05, 3.63) is 5.21 Å². The van der Waals surface area contributed by atoms with E-state index in [-0.39, 0.29) is 5.23 Å². The van der Waals surface area contributed by atoms with E-state index in [0.29, 0.717) is 19.1 Å². The van der Waals surface area contributed by atoms with Gasteiger partial charge in [0.2, 0.25) is 0 Å². The van der Waals surface area contributed by atoms with E-state index in [1.807, 2.05) is 6.92 Å². The van der Waals surface area contributed by atoms with Crippen molar-refractivity contribution < 1.29 is 10.1 Å². The molecule has 0 bridgehead atoms. The molecule has 1 aliphatic heterocycles. The van der Waals surface area contributed by atoms with Gasteiger partial charge in [0.25, 0.3) is 0 Å². The van der Waals surface area contributed by atoms with Gasteiger partial charge in [-0.2, -0.15) is 0 Å². The SMILES string of the molecule is CC1CO[NH+]([O-])C1. The Morgan fingerprint density at radius 2 is 2.57 bits per heavy atom. The van der Waals surface area contributed by atoms with E-state index in [0.717, 1.165) is 0 Å². The molecule has 3 nitrogen and oxygen atoms in total. The summed E-state index contributed by atoms with van der Waals surface area (Å²) in [6.07, 6.45) is 0. The minimum Gasteiger partial charge on any atom is -0.600 e. The molecule has 0 spiro atoms. The Morgan fingerprint density at radius 3 is 2.71 bits per heavy atom. The third kappa shape index (κ3) is 1.12. The van der Waals surface area contributed by atoms with Crippen LogP contribution in [0.5, 0.6) is 0 Å². The summed E-state index contributed by atoms with van der Waals surface area (Å²) in [5, 5.41) is 10.2. The minimum atomic E-state index is -0.0486. The fourth-order valence-electron chi connectivity index (χ4n) is 0.638. The molecular formula is C4H9NO2. The first kappa shape index (κ1) is 5.03. The highest BCUT2D eigenvalue weighted by atomic mass is 16.9. The fraction of sp³-hybridized carbons (Fsp3) is 1.00. The van der Waals surface area contributed by atoms with Gasteiger partial charge in [0, 0.05) is 5.92 Å². The van der Waals surface area contributed by atoms with E-state index >= 15 is 0 Å². The average Bonchev–Trinajstić information content (AvgIpc) is 1.87. The zero-order chi connectivity index (χ0) is 5.28. The zero-order valence-corrected chi connectivity index (χ0v) is 4.31. The first-order valence-electron chi connectivity index (χ1n) is 2.44. The number of nitrogens with one attached hydrogen (secondary N) is 1. The number of hydrogen-bond donors (Lipinski definition) is 1. The van der Waals surface area contributed by atoms with E-state index in [9.17, 15) is 5.21 Å². The van der Waals surface area contributed by atoms with Crippen LogP contribution in [0.3, 0.4) is 0 Å². The van der Waals surface area contributed by atoms with Gasteiger partial charge < -0.3 is 5.21 Å². The fourth-order valence-corrected chi connectivity index (χ4v) is 0.638. The largest absolute Gasteiger partial charge is 0.600 e. The molecule has 0 aromatic heterocycles. The van der Waals surface area contributed by atoms with Crippen molar-refractivity contribution >= 4 is 0 Å². The highest BCUT2D eigenvalue weighted by Crippen LogP contribution is 1.93. The van der Waals surface area contributed by atoms with Gasteiger partial charge in [-0.3, -0.25) is 0 Å². The monoisotopic (exact) mass is 103 g/mol. The van der Waals surface area contributed by atoms with Gasteiger partial charge in [-0.05, 0) is 0 Å². The molecule has 0 radical (unpaired) electrons. The normalized spacial score (nSPS) is 42.0. The van der Waals surface area contributed by atoms with Crippen LogP contribution >= 0.6 is 0 Å². The predicted octanol–water partition coefficient (Wildman–Crippen LogP) is -1.05. The minimum absolute atomic E-state index is 0.0486. The maximum absolute atomic E-state index is 10.2. The van der Waals surface area contributed by atoms with E-state index in [4.69, 9.17) is 0 Å². The van der Waals surface area contributed by atoms with Crippen molar-refractivity contribution in [1.82, 2.24) is 0 Å². The lowest BCUT2D eigenvalue weighted by Gasteiger charge is -2.08. The summed E-state index contributed by atoms with van der Waals surface area (Å²) in [5.41, 5.74) is 0. The average molecular weight is 103 g/mol. The molecule has 42 valence electrons. The van der Waals surface area contributed by atoms with Gasteiger partial charge in [0.15, 0.2) is 0 Å². The summed E-state index contributed by atoms with van der Waals surface area (Å²) in [6, 6.07) is 0. The summed E-state index contributed by atoms with van der Waals surface area (Å²) in [4.78, 5) is 4.63. The van der Waals surface area contributed by atoms with Crippen LogP contribution in [0.4, 0.5) is 0 Å². The van der Waals surface area contributed by atoms with Crippen LogP contribution in [-0.2, 0) is 4.84 Å². The van der Waals surface area contributed by atoms with Crippen LogP contribution in [0, 0.1) is 11.1 Å².